The zero-order valence-electron chi connectivity index (χ0n) is 17.5. The van der Waals surface area contributed by atoms with E-state index in [4.69, 9.17) is 11.6 Å². The SMILES string of the molecule is Cc1cccc2c1nc1s/c(=C\c3cn(Cc4ccc(F)cc4Cl)c4ccccc34)c(=O)n12. The van der Waals surface area contributed by atoms with Gasteiger partial charge in [0.25, 0.3) is 5.56 Å². The summed E-state index contributed by atoms with van der Waals surface area (Å²) in [6.45, 7) is 2.49. The molecule has 0 bridgehead atoms. The Morgan fingerprint density at radius 3 is 2.76 bits per heavy atom. The molecule has 3 aromatic carbocycles. The third-order valence-corrected chi connectivity index (χ3v) is 7.25. The number of aromatic nitrogens is 3. The second kappa shape index (κ2) is 7.54. The number of hydrogen-bond donors (Lipinski definition) is 0. The predicted molar refractivity (Wildman–Crippen MR) is 133 cm³/mol. The lowest BCUT2D eigenvalue weighted by atomic mass is 10.1. The van der Waals surface area contributed by atoms with Crippen LogP contribution in [0.5, 0.6) is 0 Å². The minimum atomic E-state index is -0.358. The summed E-state index contributed by atoms with van der Waals surface area (Å²) in [6, 6.07) is 18.3. The largest absolute Gasteiger partial charge is 0.342 e. The summed E-state index contributed by atoms with van der Waals surface area (Å²) in [5.74, 6) is -0.358. The fourth-order valence-electron chi connectivity index (χ4n) is 4.32. The summed E-state index contributed by atoms with van der Waals surface area (Å²) in [4.78, 5) is 18.7. The highest BCUT2D eigenvalue weighted by molar-refractivity contribution is 7.15. The average molecular weight is 474 g/mol. The number of fused-ring (bicyclic) bond motifs is 4. The molecule has 0 aliphatic carbocycles. The van der Waals surface area contributed by atoms with Gasteiger partial charge in [-0.25, -0.2) is 13.8 Å². The molecule has 0 unspecified atom stereocenters. The van der Waals surface area contributed by atoms with E-state index in [1.165, 1.54) is 23.5 Å². The van der Waals surface area contributed by atoms with Crippen molar-refractivity contribution in [2.24, 2.45) is 0 Å². The smallest absolute Gasteiger partial charge is 0.274 e. The molecule has 162 valence electrons. The van der Waals surface area contributed by atoms with Gasteiger partial charge in [-0.2, -0.15) is 0 Å². The normalized spacial score (nSPS) is 12.5. The van der Waals surface area contributed by atoms with Crippen molar-refractivity contribution in [2.45, 2.75) is 13.5 Å². The topological polar surface area (TPSA) is 39.3 Å². The van der Waals surface area contributed by atoms with Crippen LogP contribution < -0.4 is 10.1 Å². The summed E-state index contributed by atoms with van der Waals surface area (Å²) in [5, 5.41) is 1.42. The first kappa shape index (κ1) is 20.1. The zero-order chi connectivity index (χ0) is 22.7. The zero-order valence-corrected chi connectivity index (χ0v) is 19.1. The number of aryl methyl sites for hydroxylation is 1. The van der Waals surface area contributed by atoms with Gasteiger partial charge in [-0.1, -0.05) is 59.3 Å². The number of benzene rings is 3. The third kappa shape index (κ3) is 3.25. The van der Waals surface area contributed by atoms with Crippen LogP contribution in [-0.4, -0.2) is 14.0 Å². The van der Waals surface area contributed by atoms with E-state index in [9.17, 15) is 9.18 Å². The number of rotatable bonds is 3. The number of hydrogen-bond acceptors (Lipinski definition) is 3. The highest BCUT2D eigenvalue weighted by Crippen LogP contribution is 2.26. The molecule has 0 aliphatic rings. The van der Waals surface area contributed by atoms with Crippen LogP contribution in [0.1, 0.15) is 16.7 Å². The first-order chi connectivity index (χ1) is 16.0. The number of halogens is 2. The molecule has 0 spiro atoms. The Morgan fingerprint density at radius 1 is 1.09 bits per heavy atom. The Kier molecular flexibility index (Phi) is 4.60. The molecule has 4 nitrogen and oxygen atoms in total. The Bertz CT molecular complexity index is 1810. The standard InChI is InChI=1S/C26H17ClFN3OS/c1-15-5-4-8-22-24(15)29-26-31(22)25(32)23(33-26)11-17-14-30(21-7-3-2-6-19(17)21)13-16-9-10-18(28)12-20(16)27/h2-12,14H,13H2,1H3/b23-11-. The number of thiazole rings is 1. The van der Waals surface area contributed by atoms with Crippen molar-refractivity contribution >= 4 is 55.9 Å². The van der Waals surface area contributed by atoms with Crippen molar-refractivity contribution in [1.29, 1.82) is 0 Å². The van der Waals surface area contributed by atoms with Gasteiger partial charge in [0.05, 0.1) is 15.6 Å². The van der Waals surface area contributed by atoms with Crippen LogP contribution in [-0.2, 0) is 6.54 Å². The Labute approximate surface area is 196 Å². The summed E-state index contributed by atoms with van der Waals surface area (Å²) in [7, 11) is 0. The summed E-state index contributed by atoms with van der Waals surface area (Å²) < 4.78 is 17.9. The van der Waals surface area contributed by atoms with Gasteiger partial charge in [-0.3, -0.25) is 4.79 Å². The first-order valence-electron chi connectivity index (χ1n) is 10.4. The molecule has 0 radical (unpaired) electrons. The van der Waals surface area contributed by atoms with Crippen molar-refractivity contribution in [3.05, 3.63) is 109 Å². The van der Waals surface area contributed by atoms with Crippen LogP contribution in [0.25, 0.3) is 33.0 Å². The van der Waals surface area contributed by atoms with Gasteiger partial charge in [0.1, 0.15) is 5.82 Å². The van der Waals surface area contributed by atoms with Gasteiger partial charge in [-0.05, 0) is 48.4 Å². The van der Waals surface area contributed by atoms with E-state index >= 15 is 0 Å². The van der Waals surface area contributed by atoms with Gasteiger partial charge in [0.2, 0.25) is 0 Å². The highest BCUT2D eigenvalue weighted by atomic mass is 35.5. The van der Waals surface area contributed by atoms with E-state index in [2.05, 4.69) is 9.55 Å². The first-order valence-corrected chi connectivity index (χ1v) is 11.6. The number of para-hydroxylation sites is 2. The van der Waals surface area contributed by atoms with Crippen LogP contribution >= 0.6 is 22.9 Å². The maximum Gasteiger partial charge on any atom is 0.274 e. The molecule has 0 aliphatic heterocycles. The van der Waals surface area contributed by atoms with Crippen LogP contribution in [0.3, 0.4) is 0 Å². The van der Waals surface area contributed by atoms with E-state index in [-0.39, 0.29) is 11.4 Å². The molecule has 0 N–H and O–H groups in total. The van der Waals surface area contributed by atoms with Crippen LogP contribution in [0.4, 0.5) is 4.39 Å². The average Bonchev–Trinajstić information content (AvgIpc) is 3.43. The van der Waals surface area contributed by atoms with Crippen LogP contribution in [0.2, 0.25) is 5.02 Å². The second-order valence-electron chi connectivity index (χ2n) is 8.05. The molecule has 0 saturated carbocycles. The molecule has 33 heavy (non-hydrogen) atoms. The minimum Gasteiger partial charge on any atom is -0.342 e. The third-order valence-electron chi connectivity index (χ3n) is 5.93. The Morgan fingerprint density at radius 2 is 1.91 bits per heavy atom. The summed E-state index contributed by atoms with van der Waals surface area (Å²) in [6.07, 6.45) is 3.93. The van der Waals surface area contributed by atoms with Crippen molar-refractivity contribution < 1.29 is 4.39 Å². The van der Waals surface area contributed by atoms with E-state index in [1.54, 1.807) is 10.5 Å². The molecule has 0 atom stereocenters. The molecule has 0 saturated heterocycles. The molecule has 3 aromatic heterocycles. The second-order valence-corrected chi connectivity index (χ2v) is 9.47. The van der Waals surface area contributed by atoms with Gasteiger partial charge < -0.3 is 4.57 Å². The van der Waals surface area contributed by atoms with E-state index in [1.807, 2.05) is 61.7 Å². The van der Waals surface area contributed by atoms with Gasteiger partial charge in [-0.15, -0.1) is 0 Å². The maximum atomic E-state index is 13.5. The Hall–Kier alpha value is -3.48. The van der Waals surface area contributed by atoms with E-state index in [0.29, 0.717) is 21.1 Å². The summed E-state index contributed by atoms with van der Waals surface area (Å²) >= 11 is 7.66. The minimum absolute atomic E-state index is 0.0680. The molecular weight excluding hydrogens is 457 g/mol. The number of nitrogens with zero attached hydrogens (tertiary/aromatic N) is 3. The molecule has 0 fully saturated rings. The summed E-state index contributed by atoms with van der Waals surface area (Å²) in [5.41, 5.74) is 5.45. The quantitative estimate of drug-likeness (QED) is 0.337. The van der Waals surface area contributed by atoms with Gasteiger partial charge >= 0.3 is 0 Å². The molecule has 6 rings (SSSR count). The molecule has 3 heterocycles. The molecule has 0 amide bonds. The van der Waals surface area contributed by atoms with Crippen molar-refractivity contribution in [2.75, 3.05) is 0 Å². The fraction of sp³-hybridized carbons (Fsp3) is 0.0769. The molecular formula is C26H17ClFN3OS. The van der Waals surface area contributed by atoms with Crippen molar-refractivity contribution in [3.63, 3.8) is 0 Å². The Balaban J connectivity index is 1.52. The van der Waals surface area contributed by atoms with Gasteiger partial charge in [0.15, 0.2) is 4.96 Å². The molecule has 6 aromatic rings. The lowest BCUT2D eigenvalue weighted by Gasteiger charge is -2.07. The highest BCUT2D eigenvalue weighted by Gasteiger charge is 2.14. The fourth-order valence-corrected chi connectivity index (χ4v) is 5.52. The predicted octanol–water partition coefficient (Wildman–Crippen LogP) is 5.56. The van der Waals surface area contributed by atoms with E-state index < -0.39 is 0 Å². The van der Waals surface area contributed by atoms with E-state index in [0.717, 1.165) is 38.6 Å². The van der Waals surface area contributed by atoms with Crippen molar-refractivity contribution in [3.8, 4) is 0 Å². The monoisotopic (exact) mass is 473 g/mol. The van der Waals surface area contributed by atoms with Crippen LogP contribution in [0, 0.1) is 12.7 Å². The lowest BCUT2D eigenvalue weighted by Crippen LogP contribution is -2.22. The van der Waals surface area contributed by atoms with Gasteiger partial charge in [0, 0.05) is 34.2 Å². The molecule has 7 heteroatoms. The van der Waals surface area contributed by atoms with Crippen molar-refractivity contribution in [1.82, 2.24) is 14.0 Å². The lowest BCUT2D eigenvalue weighted by molar-refractivity contribution is 0.626. The maximum absolute atomic E-state index is 13.5. The number of imidazole rings is 1. The van der Waals surface area contributed by atoms with Crippen LogP contribution in [0.15, 0.2) is 71.7 Å².